The van der Waals surface area contributed by atoms with E-state index in [0.29, 0.717) is 6.42 Å². The third-order valence-corrected chi connectivity index (χ3v) is 7.25. The van der Waals surface area contributed by atoms with E-state index in [1.54, 1.807) is 0 Å². The number of aliphatic hydroxyl groups excluding tert-OH is 2. The predicted molar refractivity (Wildman–Crippen MR) is 138 cm³/mol. The maximum absolute atomic E-state index is 15.5. The smallest absolute Gasteiger partial charge is 0.317 e. The van der Waals surface area contributed by atoms with Gasteiger partial charge in [0.05, 0.1) is 29.8 Å². The monoisotopic (exact) mass is 553 g/mol. The van der Waals surface area contributed by atoms with E-state index in [1.807, 2.05) is 20.8 Å². The first-order valence-corrected chi connectivity index (χ1v) is 12.8. The van der Waals surface area contributed by atoms with Crippen LogP contribution in [-0.2, 0) is 5.41 Å². The highest BCUT2D eigenvalue weighted by Crippen LogP contribution is 2.56. The van der Waals surface area contributed by atoms with E-state index in [9.17, 15) is 15.2 Å². The lowest BCUT2D eigenvalue weighted by atomic mass is 9.63. The van der Waals surface area contributed by atoms with Crippen molar-refractivity contribution in [3.63, 3.8) is 0 Å². The Balaban J connectivity index is 2.24. The van der Waals surface area contributed by atoms with E-state index in [0.717, 1.165) is 6.07 Å². The molecule has 1 heterocycles. The second-order valence-corrected chi connectivity index (χ2v) is 11.5. The van der Waals surface area contributed by atoms with E-state index in [1.165, 1.54) is 35.2 Å². The van der Waals surface area contributed by atoms with Crippen molar-refractivity contribution in [1.82, 2.24) is 10.2 Å². The van der Waals surface area contributed by atoms with E-state index in [4.69, 9.17) is 28.3 Å². The van der Waals surface area contributed by atoms with Crippen LogP contribution < -0.4 is 5.32 Å². The zero-order chi connectivity index (χ0) is 27.5. The van der Waals surface area contributed by atoms with Gasteiger partial charge < -0.3 is 20.4 Å². The van der Waals surface area contributed by atoms with Crippen LogP contribution in [0.1, 0.15) is 50.8 Å². The predicted octanol–water partition coefficient (Wildman–Crippen LogP) is 5.60. The normalized spacial score (nSPS) is 22.5. The number of urea groups is 1. The number of rotatable bonds is 7. The first-order valence-electron chi connectivity index (χ1n) is 12.0. The van der Waals surface area contributed by atoms with E-state index in [-0.39, 0.29) is 46.1 Å². The fraction of sp³-hybridized carbons (Fsp3) is 0.481. The van der Waals surface area contributed by atoms with Crippen LogP contribution in [-0.4, -0.2) is 46.9 Å². The zero-order valence-corrected chi connectivity index (χ0v) is 22.5. The summed E-state index contributed by atoms with van der Waals surface area (Å²) >= 11 is 12.1. The zero-order valence-electron chi connectivity index (χ0n) is 20.9. The van der Waals surface area contributed by atoms with Crippen LogP contribution in [0.2, 0.25) is 10.0 Å². The molecule has 0 saturated carbocycles. The second-order valence-electron chi connectivity index (χ2n) is 10.6. The summed E-state index contributed by atoms with van der Waals surface area (Å²) in [6.07, 6.45) is -0.503. The Morgan fingerprint density at radius 1 is 1.30 bits per heavy atom. The molecule has 2 aromatic rings. The highest BCUT2D eigenvalue weighted by atomic mass is 35.5. The number of hydrogen-bond donors (Lipinski definition) is 3. The van der Waals surface area contributed by atoms with Gasteiger partial charge in [-0.15, -0.1) is 0 Å². The van der Waals surface area contributed by atoms with Gasteiger partial charge in [0.25, 0.3) is 0 Å². The minimum absolute atomic E-state index is 0.00893. The molecule has 200 valence electrons. The number of benzene rings is 2. The molecule has 3 rings (SSSR count). The molecule has 2 amide bonds. The third-order valence-electron chi connectivity index (χ3n) is 6.73. The maximum atomic E-state index is 15.5. The van der Waals surface area contributed by atoms with Gasteiger partial charge in [0.15, 0.2) is 0 Å². The standard InChI is InChI=1S/C27H31Cl2F2N3O3/c1-26(2,3)12-16-13-34(25(37)33-10-9-18(36)14-35)24(19-5-4-6-21(29)23(19)31)27(16,15-32)20-8-7-17(28)11-22(20)30/h4-8,11,16,18,24,35-36H,9-10,12-14H2,1-3H3,(H,33,37)/t16?,18-,24?,27?/m0/s1. The number of nitrogens with zero attached hydrogens (tertiary/aromatic N) is 2. The van der Waals surface area contributed by atoms with Gasteiger partial charge in [0.2, 0.25) is 0 Å². The molecule has 0 radical (unpaired) electrons. The minimum Gasteiger partial charge on any atom is -0.394 e. The number of likely N-dealkylation sites (tertiary alicyclic amines) is 1. The molecule has 0 aromatic heterocycles. The van der Waals surface area contributed by atoms with Crippen LogP contribution >= 0.6 is 23.2 Å². The molecule has 2 aromatic carbocycles. The van der Waals surface area contributed by atoms with Crippen molar-refractivity contribution in [2.24, 2.45) is 11.3 Å². The number of hydrogen-bond acceptors (Lipinski definition) is 4. The van der Waals surface area contributed by atoms with Crippen LogP contribution in [0.5, 0.6) is 0 Å². The molecule has 37 heavy (non-hydrogen) atoms. The van der Waals surface area contributed by atoms with E-state index >= 15 is 8.78 Å². The average Bonchev–Trinajstić information content (AvgIpc) is 3.13. The summed E-state index contributed by atoms with van der Waals surface area (Å²) in [6.45, 7) is 5.53. The van der Waals surface area contributed by atoms with Gasteiger partial charge in [-0.3, -0.25) is 0 Å². The molecular weight excluding hydrogens is 523 g/mol. The van der Waals surface area contributed by atoms with Gasteiger partial charge in [-0.05, 0) is 36.5 Å². The Bertz CT molecular complexity index is 1180. The summed E-state index contributed by atoms with van der Waals surface area (Å²) in [6, 6.07) is 8.79. The van der Waals surface area contributed by atoms with Crippen LogP contribution in [0.3, 0.4) is 0 Å². The largest absolute Gasteiger partial charge is 0.394 e. The summed E-state index contributed by atoms with van der Waals surface area (Å²) in [5, 5.41) is 32.1. The van der Waals surface area contributed by atoms with Crippen molar-refractivity contribution in [2.45, 2.75) is 51.2 Å². The molecule has 3 unspecified atom stereocenters. The van der Waals surface area contributed by atoms with Crippen LogP contribution in [0.15, 0.2) is 36.4 Å². The molecule has 1 fully saturated rings. The molecule has 10 heteroatoms. The van der Waals surface area contributed by atoms with Crippen molar-refractivity contribution >= 4 is 29.2 Å². The maximum Gasteiger partial charge on any atom is 0.317 e. The number of carbonyl (C=O) groups is 1. The lowest BCUT2D eigenvalue weighted by Crippen LogP contribution is -2.44. The van der Waals surface area contributed by atoms with Gasteiger partial charge in [-0.25, -0.2) is 13.6 Å². The molecule has 3 N–H and O–H groups in total. The summed E-state index contributed by atoms with van der Waals surface area (Å²) in [5.74, 6) is -2.10. The summed E-state index contributed by atoms with van der Waals surface area (Å²) in [5.41, 5.74) is -1.98. The fourth-order valence-corrected chi connectivity index (χ4v) is 5.55. The van der Waals surface area contributed by atoms with Crippen LogP contribution in [0, 0.1) is 34.3 Å². The van der Waals surface area contributed by atoms with Crippen molar-refractivity contribution < 1.29 is 23.8 Å². The molecule has 1 saturated heterocycles. The summed E-state index contributed by atoms with van der Waals surface area (Å²) in [7, 11) is 0. The van der Waals surface area contributed by atoms with Crippen molar-refractivity contribution in [1.29, 1.82) is 5.26 Å². The highest BCUT2D eigenvalue weighted by Gasteiger charge is 2.60. The number of aliphatic hydroxyl groups is 2. The third kappa shape index (κ3) is 6.01. The molecule has 0 bridgehead atoms. The Morgan fingerprint density at radius 3 is 2.59 bits per heavy atom. The van der Waals surface area contributed by atoms with Gasteiger partial charge >= 0.3 is 6.03 Å². The Labute approximate surface area is 225 Å². The first-order chi connectivity index (χ1) is 17.4. The molecule has 1 aliphatic rings. The average molecular weight is 554 g/mol. The van der Waals surface area contributed by atoms with E-state index in [2.05, 4.69) is 11.4 Å². The number of halogens is 4. The molecule has 1 aliphatic heterocycles. The van der Waals surface area contributed by atoms with Gasteiger partial charge in [0.1, 0.15) is 17.0 Å². The molecule has 0 aliphatic carbocycles. The number of nitriles is 1. The lowest BCUT2D eigenvalue weighted by molar-refractivity contribution is 0.0881. The van der Waals surface area contributed by atoms with Gasteiger partial charge in [0, 0.05) is 35.2 Å². The second kappa shape index (κ2) is 11.5. The lowest BCUT2D eigenvalue weighted by Gasteiger charge is -2.38. The van der Waals surface area contributed by atoms with Crippen LogP contribution in [0.4, 0.5) is 13.6 Å². The van der Waals surface area contributed by atoms with Crippen molar-refractivity contribution in [3.8, 4) is 6.07 Å². The highest BCUT2D eigenvalue weighted by molar-refractivity contribution is 6.31. The van der Waals surface area contributed by atoms with Gasteiger partial charge in [-0.2, -0.15) is 5.26 Å². The van der Waals surface area contributed by atoms with E-state index < -0.39 is 47.8 Å². The van der Waals surface area contributed by atoms with Crippen molar-refractivity contribution in [2.75, 3.05) is 19.7 Å². The van der Waals surface area contributed by atoms with Crippen molar-refractivity contribution in [3.05, 3.63) is 69.2 Å². The number of nitrogens with one attached hydrogen (secondary N) is 1. The molecule has 6 nitrogen and oxygen atoms in total. The quantitative estimate of drug-likeness (QED) is 0.416. The van der Waals surface area contributed by atoms with Gasteiger partial charge in [-0.1, -0.05) is 62.2 Å². The molecular formula is C27H31Cl2F2N3O3. The Morgan fingerprint density at radius 2 is 2.00 bits per heavy atom. The topological polar surface area (TPSA) is 96.6 Å². The summed E-state index contributed by atoms with van der Waals surface area (Å²) < 4.78 is 31.1. The Hall–Kier alpha value is -2.44. The fourth-order valence-electron chi connectivity index (χ4n) is 5.21. The summed E-state index contributed by atoms with van der Waals surface area (Å²) in [4.78, 5) is 14.8. The molecule has 4 atom stereocenters. The Kier molecular flexibility index (Phi) is 9.07. The SMILES string of the molecule is CC(C)(C)CC1CN(C(=O)NCC[C@H](O)CO)C(c2cccc(Cl)c2F)C1(C#N)c1ccc(Cl)cc1F. The van der Waals surface area contributed by atoms with Crippen LogP contribution in [0.25, 0.3) is 0 Å². The first kappa shape index (κ1) is 29.1. The number of carbonyl (C=O) groups excluding carboxylic acids is 1. The number of amides is 2. The molecule has 0 spiro atoms. The minimum atomic E-state index is -1.67.